The third-order valence-corrected chi connectivity index (χ3v) is 2.74. The molecule has 1 aromatic carbocycles. The molecule has 2 aromatic rings. The van der Waals surface area contributed by atoms with Crippen molar-refractivity contribution in [3.63, 3.8) is 0 Å². The van der Waals surface area contributed by atoms with Gasteiger partial charge in [0.25, 0.3) is 0 Å². The fourth-order valence-corrected chi connectivity index (χ4v) is 1.84. The Kier molecular flexibility index (Phi) is 3.49. The SMILES string of the molecule is Cc1cc(CNc2cccc(CO)c2)c(C)o1. The highest BCUT2D eigenvalue weighted by atomic mass is 16.3. The standard InChI is InChI=1S/C14H17NO2/c1-10-6-13(11(2)17-10)8-15-14-5-3-4-12(7-14)9-16/h3-7,15-16H,8-9H2,1-2H3. The molecule has 0 radical (unpaired) electrons. The quantitative estimate of drug-likeness (QED) is 0.850. The maximum Gasteiger partial charge on any atom is 0.106 e. The second-order valence-corrected chi connectivity index (χ2v) is 4.15. The van der Waals surface area contributed by atoms with Crippen molar-refractivity contribution in [2.75, 3.05) is 5.32 Å². The average molecular weight is 231 g/mol. The van der Waals surface area contributed by atoms with Gasteiger partial charge in [-0.25, -0.2) is 0 Å². The van der Waals surface area contributed by atoms with Gasteiger partial charge in [0.05, 0.1) is 6.61 Å². The first kappa shape index (κ1) is 11.7. The number of aliphatic hydroxyl groups excluding tert-OH is 1. The van der Waals surface area contributed by atoms with Gasteiger partial charge in [0.1, 0.15) is 11.5 Å². The molecule has 17 heavy (non-hydrogen) atoms. The first-order valence-electron chi connectivity index (χ1n) is 5.68. The summed E-state index contributed by atoms with van der Waals surface area (Å²) in [5.74, 6) is 1.89. The van der Waals surface area contributed by atoms with Crippen molar-refractivity contribution < 1.29 is 9.52 Å². The first-order chi connectivity index (χ1) is 8.19. The van der Waals surface area contributed by atoms with Crippen LogP contribution in [0.4, 0.5) is 5.69 Å². The molecule has 0 aliphatic heterocycles. The molecule has 0 aliphatic carbocycles. The molecule has 3 nitrogen and oxygen atoms in total. The number of aryl methyl sites for hydroxylation is 2. The second-order valence-electron chi connectivity index (χ2n) is 4.15. The number of hydrogen-bond donors (Lipinski definition) is 2. The molecule has 0 atom stereocenters. The lowest BCUT2D eigenvalue weighted by Gasteiger charge is -2.06. The van der Waals surface area contributed by atoms with Gasteiger partial charge in [-0.05, 0) is 37.6 Å². The van der Waals surface area contributed by atoms with Gasteiger partial charge in [-0.2, -0.15) is 0 Å². The maximum absolute atomic E-state index is 9.05. The van der Waals surface area contributed by atoms with Gasteiger partial charge in [0, 0.05) is 17.8 Å². The first-order valence-corrected chi connectivity index (χ1v) is 5.68. The van der Waals surface area contributed by atoms with Crippen LogP contribution < -0.4 is 5.32 Å². The van der Waals surface area contributed by atoms with Crippen molar-refractivity contribution in [1.29, 1.82) is 0 Å². The fourth-order valence-electron chi connectivity index (χ4n) is 1.84. The lowest BCUT2D eigenvalue weighted by Crippen LogP contribution is -2.00. The number of aliphatic hydroxyl groups is 1. The normalized spacial score (nSPS) is 10.5. The summed E-state index contributed by atoms with van der Waals surface area (Å²) >= 11 is 0. The zero-order chi connectivity index (χ0) is 12.3. The Morgan fingerprint density at radius 1 is 1.24 bits per heavy atom. The Hall–Kier alpha value is -1.74. The summed E-state index contributed by atoms with van der Waals surface area (Å²) in [7, 11) is 0. The van der Waals surface area contributed by atoms with E-state index in [1.165, 1.54) is 0 Å². The number of hydrogen-bond acceptors (Lipinski definition) is 3. The number of furan rings is 1. The molecule has 2 rings (SSSR count). The van der Waals surface area contributed by atoms with Crippen LogP contribution in [0.5, 0.6) is 0 Å². The number of rotatable bonds is 4. The Morgan fingerprint density at radius 3 is 2.71 bits per heavy atom. The highest BCUT2D eigenvalue weighted by molar-refractivity contribution is 5.46. The van der Waals surface area contributed by atoms with Gasteiger partial charge >= 0.3 is 0 Å². The topological polar surface area (TPSA) is 45.4 Å². The van der Waals surface area contributed by atoms with Crippen LogP contribution in [0.2, 0.25) is 0 Å². The van der Waals surface area contributed by atoms with Gasteiger partial charge in [-0.1, -0.05) is 12.1 Å². The van der Waals surface area contributed by atoms with Crippen LogP contribution >= 0.6 is 0 Å². The molecular formula is C14H17NO2. The van der Waals surface area contributed by atoms with Crippen molar-refractivity contribution in [2.24, 2.45) is 0 Å². The van der Waals surface area contributed by atoms with Crippen LogP contribution in [0, 0.1) is 13.8 Å². The Morgan fingerprint density at radius 2 is 2.06 bits per heavy atom. The van der Waals surface area contributed by atoms with Crippen LogP contribution in [0.1, 0.15) is 22.6 Å². The van der Waals surface area contributed by atoms with Gasteiger partial charge in [0.2, 0.25) is 0 Å². The molecule has 2 N–H and O–H groups in total. The molecule has 0 aliphatic rings. The van der Waals surface area contributed by atoms with Crippen molar-refractivity contribution in [2.45, 2.75) is 27.0 Å². The largest absolute Gasteiger partial charge is 0.466 e. The van der Waals surface area contributed by atoms with E-state index < -0.39 is 0 Å². The predicted molar refractivity (Wildman–Crippen MR) is 67.9 cm³/mol. The van der Waals surface area contributed by atoms with Gasteiger partial charge in [-0.15, -0.1) is 0 Å². The highest BCUT2D eigenvalue weighted by Gasteiger charge is 2.04. The Balaban J connectivity index is 2.04. The van der Waals surface area contributed by atoms with E-state index in [0.717, 1.165) is 34.9 Å². The van der Waals surface area contributed by atoms with Crippen LogP contribution in [0.25, 0.3) is 0 Å². The molecule has 0 saturated heterocycles. The average Bonchev–Trinajstić information content (AvgIpc) is 2.65. The lowest BCUT2D eigenvalue weighted by atomic mass is 10.2. The summed E-state index contributed by atoms with van der Waals surface area (Å²) in [5.41, 5.74) is 3.09. The van der Waals surface area contributed by atoms with E-state index in [9.17, 15) is 0 Å². The monoisotopic (exact) mass is 231 g/mol. The predicted octanol–water partition coefficient (Wildman–Crippen LogP) is 3.00. The van der Waals surface area contributed by atoms with Crippen LogP contribution in [0.15, 0.2) is 34.7 Å². The molecule has 0 unspecified atom stereocenters. The van der Waals surface area contributed by atoms with Gasteiger partial charge in [-0.3, -0.25) is 0 Å². The molecule has 90 valence electrons. The van der Waals surface area contributed by atoms with E-state index in [2.05, 4.69) is 5.32 Å². The Labute approximate surface area is 101 Å². The molecule has 1 aromatic heterocycles. The molecule has 0 bridgehead atoms. The zero-order valence-corrected chi connectivity index (χ0v) is 10.2. The summed E-state index contributed by atoms with van der Waals surface area (Å²) in [6.45, 7) is 4.72. The van der Waals surface area contributed by atoms with Crippen molar-refractivity contribution in [3.8, 4) is 0 Å². The Bertz CT molecular complexity index is 503. The van der Waals surface area contributed by atoms with Crippen LogP contribution in [0.3, 0.4) is 0 Å². The minimum absolute atomic E-state index is 0.0688. The van der Waals surface area contributed by atoms with Crippen molar-refractivity contribution >= 4 is 5.69 Å². The molecule has 0 fully saturated rings. The summed E-state index contributed by atoms with van der Waals surface area (Å²) in [6, 6.07) is 9.81. The molecule has 0 saturated carbocycles. The number of benzene rings is 1. The number of nitrogens with one attached hydrogen (secondary N) is 1. The summed E-state index contributed by atoms with van der Waals surface area (Å²) < 4.78 is 5.47. The number of anilines is 1. The third kappa shape index (κ3) is 2.88. The zero-order valence-electron chi connectivity index (χ0n) is 10.2. The van der Waals surface area contributed by atoms with Gasteiger partial charge < -0.3 is 14.8 Å². The highest BCUT2D eigenvalue weighted by Crippen LogP contribution is 2.16. The maximum atomic E-state index is 9.05. The minimum atomic E-state index is 0.0688. The molecular weight excluding hydrogens is 214 g/mol. The van der Waals surface area contributed by atoms with E-state index in [4.69, 9.17) is 9.52 Å². The smallest absolute Gasteiger partial charge is 0.106 e. The summed E-state index contributed by atoms with van der Waals surface area (Å²) in [6.07, 6.45) is 0. The lowest BCUT2D eigenvalue weighted by molar-refractivity contribution is 0.282. The minimum Gasteiger partial charge on any atom is -0.466 e. The van der Waals surface area contributed by atoms with Crippen molar-refractivity contribution in [1.82, 2.24) is 0 Å². The van der Waals surface area contributed by atoms with E-state index >= 15 is 0 Å². The molecule has 1 heterocycles. The van der Waals surface area contributed by atoms with E-state index in [1.807, 2.05) is 44.2 Å². The van der Waals surface area contributed by atoms with E-state index in [1.54, 1.807) is 0 Å². The second kappa shape index (κ2) is 5.06. The fraction of sp³-hybridized carbons (Fsp3) is 0.286. The van der Waals surface area contributed by atoms with E-state index in [0.29, 0.717) is 0 Å². The molecule has 3 heteroatoms. The summed E-state index contributed by atoms with van der Waals surface area (Å²) in [5, 5.41) is 12.4. The van der Waals surface area contributed by atoms with Crippen molar-refractivity contribution in [3.05, 3.63) is 53.0 Å². The third-order valence-electron chi connectivity index (χ3n) is 2.74. The van der Waals surface area contributed by atoms with Gasteiger partial charge in [0.15, 0.2) is 0 Å². The van der Waals surface area contributed by atoms with Crippen LogP contribution in [-0.4, -0.2) is 5.11 Å². The van der Waals surface area contributed by atoms with Crippen LogP contribution in [-0.2, 0) is 13.2 Å². The molecule has 0 amide bonds. The molecule has 0 spiro atoms. The summed E-state index contributed by atoms with van der Waals surface area (Å²) in [4.78, 5) is 0. The van der Waals surface area contributed by atoms with E-state index in [-0.39, 0.29) is 6.61 Å².